The number of rotatable bonds is 6. The summed E-state index contributed by atoms with van der Waals surface area (Å²) < 4.78 is 5.15. The third-order valence-corrected chi connectivity index (χ3v) is 6.22. The Kier molecular flexibility index (Phi) is 11.7. The molecule has 0 saturated heterocycles. The van der Waals surface area contributed by atoms with Crippen molar-refractivity contribution in [3.05, 3.63) is 0 Å². The first-order valence-electron chi connectivity index (χ1n) is 12.0. The standard InChI is InChI=1S/C12H23NO4.C12H23N/c1-7-8(2)9(10(14)15)13(6)11(16)17-12(3,4)5;1-3-7-11(8-4-1)13-12-9-5-2-6-10-12/h8-9H,7H2,1-6H3,(H,14,15);11-13H,1-10H2/t8-,9-;/m0./s1. The Hall–Kier alpha value is -1.30. The van der Waals surface area contributed by atoms with Crippen molar-refractivity contribution in [3.8, 4) is 0 Å². The topological polar surface area (TPSA) is 78.9 Å². The lowest BCUT2D eigenvalue weighted by atomic mass is 9.91. The number of carboxylic acids is 1. The molecule has 0 unspecified atom stereocenters. The average molecular weight is 427 g/mol. The molecule has 30 heavy (non-hydrogen) atoms. The summed E-state index contributed by atoms with van der Waals surface area (Å²) in [5.74, 6) is -1.13. The minimum absolute atomic E-state index is 0.120. The number of carboxylic acid groups (broad SMARTS) is 1. The molecule has 0 radical (unpaired) electrons. The summed E-state index contributed by atoms with van der Waals surface area (Å²) in [5.41, 5.74) is -0.621. The molecule has 0 aromatic carbocycles. The zero-order valence-corrected chi connectivity index (χ0v) is 20.2. The van der Waals surface area contributed by atoms with Crippen molar-refractivity contribution >= 4 is 12.1 Å². The fraction of sp³-hybridized carbons (Fsp3) is 0.917. The van der Waals surface area contributed by atoms with Crippen LogP contribution >= 0.6 is 0 Å². The van der Waals surface area contributed by atoms with Crippen LogP contribution in [0.3, 0.4) is 0 Å². The Labute approximate surface area is 184 Å². The van der Waals surface area contributed by atoms with E-state index in [0.29, 0.717) is 6.42 Å². The van der Waals surface area contributed by atoms with E-state index in [9.17, 15) is 9.59 Å². The quantitative estimate of drug-likeness (QED) is 0.578. The van der Waals surface area contributed by atoms with Crippen LogP contribution < -0.4 is 5.32 Å². The number of ether oxygens (including phenoxy) is 1. The van der Waals surface area contributed by atoms with Gasteiger partial charge in [0.25, 0.3) is 0 Å². The molecule has 2 aliphatic carbocycles. The number of likely N-dealkylation sites (N-methyl/N-ethyl adjacent to an activating group) is 1. The van der Waals surface area contributed by atoms with Crippen LogP contribution in [0.25, 0.3) is 0 Å². The van der Waals surface area contributed by atoms with Crippen molar-refractivity contribution in [2.75, 3.05) is 7.05 Å². The molecule has 0 aliphatic heterocycles. The van der Waals surface area contributed by atoms with E-state index in [1.165, 1.54) is 71.3 Å². The van der Waals surface area contributed by atoms with Crippen LogP contribution in [0.15, 0.2) is 0 Å². The normalized spacial score (nSPS) is 20.5. The van der Waals surface area contributed by atoms with Crippen molar-refractivity contribution < 1.29 is 19.4 Å². The van der Waals surface area contributed by atoms with Gasteiger partial charge in [-0.25, -0.2) is 9.59 Å². The molecule has 0 spiro atoms. The van der Waals surface area contributed by atoms with Crippen LogP contribution in [0.4, 0.5) is 4.79 Å². The van der Waals surface area contributed by atoms with E-state index in [1.54, 1.807) is 27.7 Å². The van der Waals surface area contributed by atoms with Crippen molar-refractivity contribution in [1.29, 1.82) is 0 Å². The minimum Gasteiger partial charge on any atom is -0.480 e. The highest BCUT2D eigenvalue weighted by Gasteiger charge is 2.33. The van der Waals surface area contributed by atoms with E-state index in [0.717, 1.165) is 17.0 Å². The summed E-state index contributed by atoms with van der Waals surface area (Å²) in [7, 11) is 1.46. The van der Waals surface area contributed by atoms with E-state index >= 15 is 0 Å². The van der Waals surface area contributed by atoms with Gasteiger partial charge in [-0.15, -0.1) is 0 Å². The molecular formula is C24H46N2O4. The summed E-state index contributed by atoms with van der Waals surface area (Å²) in [4.78, 5) is 24.1. The molecule has 0 bridgehead atoms. The summed E-state index contributed by atoms with van der Waals surface area (Å²) in [6, 6.07) is 0.892. The molecule has 0 aromatic heterocycles. The summed E-state index contributed by atoms with van der Waals surface area (Å²) in [6.07, 6.45) is 14.6. The Morgan fingerprint density at radius 2 is 1.43 bits per heavy atom. The molecule has 6 nitrogen and oxygen atoms in total. The van der Waals surface area contributed by atoms with Gasteiger partial charge in [-0.05, 0) is 52.4 Å². The molecule has 2 rings (SSSR count). The van der Waals surface area contributed by atoms with Gasteiger partial charge < -0.3 is 15.2 Å². The maximum Gasteiger partial charge on any atom is 0.410 e. The number of carbonyl (C=O) groups is 2. The second-order valence-corrected chi connectivity index (χ2v) is 10.1. The van der Waals surface area contributed by atoms with Gasteiger partial charge in [0.1, 0.15) is 11.6 Å². The average Bonchev–Trinajstić information content (AvgIpc) is 2.68. The Morgan fingerprint density at radius 3 is 1.77 bits per heavy atom. The number of nitrogens with zero attached hydrogens (tertiary/aromatic N) is 1. The lowest BCUT2D eigenvalue weighted by Crippen LogP contribution is -2.48. The third-order valence-electron chi connectivity index (χ3n) is 6.22. The fourth-order valence-corrected chi connectivity index (χ4v) is 4.33. The number of hydrogen-bond donors (Lipinski definition) is 2. The van der Waals surface area contributed by atoms with Crippen molar-refractivity contribution in [1.82, 2.24) is 10.2 Å². The summed E-state index contributed by atoms with van der Waals surface area (Å²) >= 11 is 0. The molecule has 0 aromatic rings. The van der Waals surface area contributed by atoms with Gasteiger partial charge in [-0.2, -0.15) is 0 Å². The molecule has 2 fully saturated rings. The number of carbonyl (C=O) groups excluding carboxylic acids is 1. The third kappa shape index (κ3) is 10.1. The largest absolute Gasteiger partial charge is 0.480 e. The van der Waals surface area contributed by atoms with Crippen molar-refractivity contribution in [2.24, 2.45) is 5.92 Å². The molecule has 2 aliphatic rings. The molecule has 1 amide bonds. The fourth-order valence-electron chi connectivity index (χ4n) is 4.33. The van der Waals surface area contributed by atoms with E-state index in [2.05, 4.69) is 5.32 Å². The molecule has 2 saturated carbocycles. The number of hydrogen-bond acceptors (Lipinski definition) is 4. The van der Waals surface area contributed by atoms with E-state index in [-0.39, 0.29) is 5.92 Å². The Bertz CT molecular complexity index is 490. The zero-order valence-electron chi connectivity index (χ0n) is 20.2. The van der Waals surface area contributed by atoms with Gasteiger partial charge in [-0.3, -0.25) is 4.90 Å². The predicted octanol–water partition coefficient (Wildman–Crippen LogP) is 5.59. The van der Waals surface area contributed by atoms with Crippen LogP contribution in [-0.4, -0.2) is 52.8 Å². The first-order chi connectivity index (χ1) is 14.0. The van der Waals surface area contributed by atoms with Crippen LogP contribution in [0.1, 0.15) is 105 Å². The monoisotopic (exact) mass is 426 g/mol. The van der Waals surface area contributed by atoms with Crippen molar-refractivity contribution in [3.63, 3.8) is 0 Å². The van der Waals surface area contributed by atoms with Crippen molar-refractivity contribution in [2.45, 2.75) is 129 Å². The highest BCUT2D eigenvalue weighted by molar-refractivity contribution is 5.80. The number of aliphatic carboxylic acids is 1. The van der Waals surface area contributed by atoms with Gasteiger partial charge >= 0.3 is 12.1 Å². The second kappa shape index (κ2) is 13.2. The highest BCUT2D eigenvalue weighted by atomic mass is 16.6. The maximum atomic E-state index is 11.8. The van der Waals surface area contributed by atoms with E-state index < -0.39 is 23.7 Å². The second-order valence-electron chi connectivity index (χ2n) is 10.1. The van der Waals surface area contributed by atoms with Gasteiger partial charge in [0, 0.05) is 19.1 Å². The Morgan fingerprint density at radius 1 is 1.00 bits per heavy atom. The molecule has 0 heterocycles. The molecule has 2 atom stereocenters. The SMILES string of the molecule is C1CCC(NC2CCCCC2)CC1.CC[C@H](C)[C@@H](C(=O)O)N(C)C(=O)OC(C)(C)C. The van der Waals surface area contributed by atoms with Crippen LogP contribution in [-0.2, 0) is 9.53 Å². The van der Waals surface area contributed by atoms with Gasteiger partial charge in [0.05, 0.1) is 0 Å². The molecule has 6 heteroatoms. The van der Waals surface area contributed by atoms with Gasteiger partial charge in [-0.1, -0.05) is 58.8 Å². The molecule has 176 valence electrons. The van der Waals surface area contributed by atoms with E-state index in [4.69, 9.17) is 9.84 Å². The highest BCUT2D eigenvalue weighted by Crippen LogP contribution is 2.22. The molecular weight excluding hydrogens is 380 g/mol. The summed E-state index contributed by atoms with van der Waals surface area (Å²) in [6.45, 7) is 8.94. The molecule has 2 N–H and O–H groups in total. The van der Waals surface area contributed by atoms with Crippen LogP contribution in [0, 0.1) is 5.92 Å². The minimum atomic E-state index is -1.01. The lowest BCUT2D eigenvalue weighted by molar-refractivity contribution is -0.144. The first kappa shape index (κ1) is 26.7. The van der Waals surface area contributed by atoms with Gasteiger partial charge in [0.15, 0.2) is 0 Å². The zero-order chi connectivity index (χ0) is 22.7. The number of nitrogens with one attached hydrogen (secondary N) is 1. The van der Waals surface area contributed by atoms with Crippen LogP contribution in [0.2, 0.25) is 0 Å². The van der Waals surface area contributed by atoms with Crippen LogP contribution in [0.5, 0.6) is 0 Å². The smallest absolute Gasteiger partial charge is 0.410 e. The van der Waals surface area contributed by atoms with E-state index in [1.807, 2.05) is 6.92 Å². The van der Waals surface area contributed by atoms with Gasteiger partial charge in [0.2, 0.25) is 0 Å². The maximum absolute atomic E-state index is 11.8. The predicted molar refractivity (Wildman–Crippen MR) is 122 cm³/mol. The Balaban J connectivity index is 0.000000308. The lowest BCUT2D eigenvalue weighted by Gasteiger charge is -2.31. The first-order valence-corrected chi connectivity index (χ1v) is 12.0. The summed E-state index contributed by atoms with van der Waals surface area (Å²) in [5, 5.41) is 13.0. The number of amides is 1.